The molecule has 0 saturated carbocycles. The zero-order valence-corrected chi connectivity index (χ0v) is 11.5. The van der Waals surface area contributed by atoms with E-state index in [0.29, 0.717) is 18.6 Å². The van der Waals surface area contributed by atoms with Crippen molar-refractivity contribution in [3.63, 3.8) is 0 Å². The standard InChI is InChI=1S/C18H15NO2/c20-18(11-13-21-14-6-2-1-3-7-14)16-8-4-10-17-15(16)9-5-12-19-17/h1-10,12H,11,13H2. The van der Waals surface area contributed by atoms with Crippen molar-refractivity contribution in [3.05, 3.63) is 72.4 Å². The lowest BCUT2D eigenvalue weighted by atomic mass is 10.0. The lowest BCUT2D eigenvalue weighted by Gasteiger charge is -2.07. The molecule has 3 rings (SSSR count). The van der Waals surface area contributed by atoms with Crippen molar-refractivity contribution in [3.8, 4) is 5.75 Å². The number of para-hydroxylation sites is 1. The first-order valence-corrected chi connectivity index (χ1v) is 6.89. The second kappa shape index (κ2) is 6.18. The van der Waals surface area contributed by atoms with E-state index in [4.69, 9.17) is 4.74 Å². The molecule has 0 unspecified atom stereocenters. The number of fused-ring (bicyclic) bond motifs is 1. The Kier molecular flexibility index (Phi) is 3.92. The fraction of sp³-hybridized carbons (Fsp3) is 0.111. The van der Waals surface area contributed by atoms with Crippen molar-refractivity contribution in [1.29, 1.82) is 0 Å². The van der Waals surface area contributed by atoms with Gasteiger partial charge in [0.2, 0.25) is 0 Å². The third-order valence-corrected chi connectivity index (χ3v) is 3.29. The van der Waals surface area contributed by atoms with E-state index in [-0.39, 0.29) is 5.78 Å². The first-order valence-electron chi connectivity index (χ1n) is 6.89. The molecule has 3 nitrogen and oxygen atoms in total. The number of carbonyl (C=O) groups excluding carboxylic acids is 1. The van der Waals surface area contributed by atoms with Crippen LogP contribution in [0.25, 0.3) is 10.9 Å². The number of nitrogens with zero attached hydrogens (tertiary/aromatic N) is 1. The molecule has 0 atom stereocenters. The molecule has 0 N–H and O–H groups in total. The highest BCUT2D eigenvalue weighted by Crippen LogP contribution is 2.18. The molecule has 1 heterocycles. The van der Waals surface area contributed by atoms with E-state index in [1.54, 1.807) is 6.20 Å². The smallest absolute Gasteiger partial charge is 0.166 e. The van der Waals surface area contributed by atoms with Crippen LogP contribution in [-0.2, 0) is 0 Å². The van der Waals surface area contributed by atoms with Crippen LogP contribution in [0.15, 0.2) is 66.9 Å². The number of carbonyl (C=O) groups is 1. The molecule has 3 heteroatoms. The number of ketones is 1. The van der Waals surface area contributed by atoms with Gasteiger partial charge >= 0.3 is 0 Å². The molecule has 0 aliphatic heterocycles. The molecule has 104 valence electrons. The minimum atomic E-state index is 0.0736. The largest absolute Gasteiger partial charge is 0.493 e. The first-order chi connectivity index (χ1) is 10.3. The van der Waals surface area contributed by atoms with Crippen molar-refractivity contribution in [2.24, 2.45) is 0 Å². The molecule has 0 fully saturated rings. The van der Waals surface area contributed by atoms with E-state index in [0.717, 1.165) is 16.7 Å². The van der Waals surface area contributed by atoms with Crippen molar-refractivity contribution in [2.75, 3.05) is 6.61 Å². The Morgan fingerprint density at radius 2 is 1.81 bits per heavy atom. The zero-order chi connectivity index (χ0) is 14.5. The number of hydrogen-bond acceptors (Lipinski definition) is 3. The van der Waals surface area contributed by atoms with Gasteiger partial charge in [-0.15, -0.1) is 0 Å². The lowest BCUT2D eigenvalue weighted by Crippen LogP contribution is -2.07. The molecule has 2 aromatic carbocycles. The van der Waals surface area contributed by atoms with Gasteiger partial charge in [0.15, 0.2) is 5.78 Å². The monoisotopic (exact) mass is 277 g/mol. The van der Waals surface area contributed by atoms with Gasteiger partial charge in [0.1, 0.15) is 5.75 Å². The quantitative estimate of drug-likeness (QED) is 0.664. The van der Waals surface area contributed by atoms with Crippen LogP contribution in [0.1, 0.15) is 16.8 Å². The molecular formula is C18H15NO2. The van der Waals surface area contributed by atoms with Gasteiger partial charge in [0.25, 0.3) is 0 Å². The fourth-order valence-corrected chi connectivity index (χ4v) is 2.26. The number of ether oxygens (including phenoxy) is 1. The van der Waals surface area contributed by atoms with Gasteiger partial charge in [-0.3, -0.25) is 9.78 Å². The van der Waals surface area contributed by atoms with Gasteiger partial charge in [-0.2, -0.15) is 0 Å². The number of aromatic nitrogens is 1. The molecule has 3 aromatic rings. The number of benzene rings is 2. The number of hydrogen-bond donors (Lipinski definition) is 0. The van der Waals surface area contributed by atoms with E-state index in [2.05, 4.69) is 4.98 Å². The van der Waals surface area contributed by atoms with E-state index in [1.165, 1.54) is 0 Å². The maximum Gasteiger partial charge on any atom is 0.166 e. The van der Waals surface area contributed by atoms with Crippen LogP contribution in [0.5, 0.6) is 5.75 Å². The Labute approximate surface area is 123 Å². The molecule has 0 aliphatic rings. The van der Waals surface area contributed by atoms with Gasteiger partial charge in [0.05, 0.1) is 12.1 Å². The van der Waals surface area contributed by atoms with E-state index >= 15 is 0 Å². The van der Waals surface area contributed by atoms with Gasteiger partial charge in [-0.05, 0) is 24.3 Å². The molecule has 0 amide bonds. The summed E-state index contributed by atoms with van der Waals surface area (Å²) in [6.07, 6.45) is 2.08. The first kappa shape index (κ1) is 13.3. The van der Waals surface area contributed by atoms with Crippen LogP contribution in [0, 0.1) is 0 Å². The lowest BCUT2D eigenvalue weighted by molar-refractivity contribution is 0.0964. The summed E-state index contributed by atoms with van der Waals surface area (Å²) < 4.78 is 5.57. The Balaban J connectivity index is 1.70. The minimum absolute atomic E-state index is 0.0736. The summed E-state index contributed by atoms with van der Waals surface area (Å²) >= 11 is 0. The van der Waals surface area contributed by atoms with Gasteiger partial charge in [-0.1, -0.05) is 36.4 Å². The highest BCUT2D eigenvalue weighted by molar-refractivity contribution is 6.07. The van der Waals surface area contributed by atoms with Gasteiger partial charge < -0.3 is 4.74 Å². The number of rotatable bonds is 5. The number of pyridine rings is 1. The van der Waals surface area contributed by atoms with Crippen molar-refractivity contribution >= 4 is 16.7 Å². The number of Topliss-reactive ketones (excluding diaryl/α,β-unsaturated/α-hetero) is 1. The van der Waals surface area contributed by atoms with Crippen molar-refractivity contribution in [1.82, 2.24) is 4.98 Å². The molecule has 0 spiro atoms. The van der Waals surface area contributed by atoms with Crippen LogP contribution >= 0.6 is 0 Å². The van der Waals surface area contributed by atoms with E-state index in [9.17, 15) is 4.79 Å². The molecule has 0 bridgehead atoms. The Hall–Kier alpha value is -2.68. The van der Waals surface area contributed by atoms with Crippen molar-refractivity contribution < 1.29 is 9.53 Å². The Morgan fingerprint density at radius 3 is 2.67 bits per heavy atom. The van der Waals surface area contributed by atoms with Crippen LogP contribution in [0.4, 0.5) is 0 Å². The average molecular weight is 277 g/mol. The predicted octanol–water partition coefficient (Wildman–Crippen LogP) is 3.89. The highest BCUT2D eigenvalue weighted by atomic mass is 16.5. The van der Waals surface area contributed by atoms with Crippen LogP contribution < -0.4 is 4.74 Å². The SMILES string of the molecule is O=C(CCOc1ccccc1)c1cccc2ncccc12. The third kappa shape index (κ3) is 3.08. The summed E-state index contributed by atoms with van der Waals surface area (Å²) in [6.45, 7) is 0.375. The molecular weight excluding hydrogens is 262 g/mol. The summed E-state index contributed by atoms with van der Waals surface area (Å²) in [6, 6.07) is 18.9. The van der Waals surface area contributed by atoms with Gasteiger partial charge in [0, 0.05) is 23.6 Å². The molecule has 21 heavy (non-hydrogen) atoms. The van der Waals surface area contributed by atoms with Crippen LogP contribution in [0.3, 0.4) is 0 Å². The van der Waals surface area contributed by atoms with Gasteiger partial charge in [-0.25, -0.2) is 0 Å². The topological polar surface area (TPSA) is 39.2 Å². The maximum atomic E-state index is 12.3. The predicted molar refractivity (Wildman–Crippen MR) is 82.6 cm³/mol. The van der Waals surface area contributed by atoms with Crippen molar-refractivity contribution in [2.45, 2.75) is 6.42 Å². The minimum Gasteiger partial charge on any atom is -0.493 e. The van der Waals surface area contributed by atoms with Crippen LogP contribution in [0.2, 0.25) is 0 Å². The Morgan fingerprint density at radius 1 is 0.952 bits per heavy atom. The molecule has 0 saturated heterocycles. The van der Waals surface area contributed by atoms with Crippen LogP contribution in [-0.4, -0.2) is 17.4 Å². The summed E-state index contributed by atoms with van der Waals surface area (Å²) in [5, 5.41) is 0.893. The van der Waals surface area contributed by atoms with E-state index in [1.807, 2.05) is 60.7 Å². The third-order valence-electron chi connectivity index (χ3n) is 3.29. The van der Waals surface area contributed by atoms with E-state index < -0.39 is 0 Å². The maximum absolute atomic E-state index is 12.3. The summed E-state index contributed by atoms with van der Waals surface area (Å²) in [5.74, 6) is 0.856. The summed E-state index contributed by atoms with van der Waals surface area (Å²) in [4.78, 5) is 16.6. The Bertz CT molecular complexity index is 748. The molecule has 0 radical (unpaired) electrons. The second-order valence-corrected chi connectivity index (χ2v) is 4.71. The molecule has 1 aromatic heterocycles. The second-order valence-electron chi connectivity index (χ2n) is 4.71. The highest BCUT2D eigenvalue weighted by Gasteiger charge is 2.10. The fourth-order valence-electron chi connectivity index (χ4n) is 2.26. The zero-order valence-electron chi connectivity index (χ0n) is 11.5. The summed E-state index contributed by atoms with van der Waals surface area (Å²) in [7, 11) is 0. The summed E-state index contributed by atoms with van der Waals surface area (Å²) in [5.41, 5.74) is 1.55. The average Bonchev–Trinajstić information content (AvgIpc) is 2.55. The molecule has 0 aliphatic carbocycles. The normalized spacial score (nSPS) is 10.5.